The second-order valence-electron chi connectivity index (χ2n) is 2.49. The lowest BCUT2D eigenvalue weighted by Gasteiger charge is -2.11. The molecule has 0 fully saturated rings. The molecule has 0 aromatic rings. The minimum absolute atomic E-state index is 0.199. The Morgan fingerprint density at radius 1 is 1.42 bits per heavy atom. The summed E-state index contributed by atoms with van der Waals surface area (Å²) in [6, 6.07) is 0. The highest BCUT2D eigenvalue weighted by atomic mass is 16.6. The molecule has 0 aliphatic carbocycles. The van der Waals surface area contributed by atoms with Crippen molar-refractivity contribution in [3.05, 3.63) is 11.6 Å². The van der Waals surface area contributed by atoms with E-state index >= 15 is 0 Å². The van der Waals surface area contributed by atoms with Crippen molar-refractivity contribution in [2.75, 3.05) is 0 Å². The summed E-state index contributed by atoms with van der Waals surface area (Å²) in [6.45, 7) is 1.31. The Kier molecular flexibility index (Phi) is 2.25. The second kappa shape index (κ2) is 3.04. The lowest BCUT2D eigenvalue weighted by Crippen LogP contribution is -2.27. The Hall–Kier alpha value is -1.20. The van der Waals surface area contributed by atoms with Crippen LogP contribution in [0.2, 0.25) is 0 Å². The summed E-state index contributed by atoms with van der Waals surface area (Å²) in [4.78, 5) is 21.2. The lowest BCUT2D eigenvalue weighted by molar-refractivity contribution is -0.151. The molecule has 66 valence electrons. The molecule has 0 aromatic heterocycles. The van der Waals surface area contributed by atoms with Crippen molar-refractivity contribution in [2.24, 2.45) is 0 Å². The van der Waals surface area contributed by atoms with E-state index in [-0.39, 0.29) is 5.57 Å². The first kappa shape index (κ1) is 8.89. The number of carbonyl (C=O) groups excluding carboxylic acids is 2. The number of rotatable bonds is 2. The Bertz CT molecular complexity index is 253. The number of cyclic esters (lactones) is 2. The van der Waals surface area contributed by atoms with Crippen molar-refractivity contribution in [1.29, 1.82) is 0 Å². The van der Waals surface area contributed by atoms with Gasteiger partial charge in [-0.3, -0.25) is 0 Å². The summed E-state index contributed by atoms with van der Waals surface area (Å²) in [5.74, 6) is -1.71. The van der Waals surface area contributed by atoms with Crippen molar-refractivity contribution in [3.8, 4) is 0 Å². The third kappa shape index (κ3) is 1.51. The number of aliphatic hydroxyl groups excluding tert-OH is 2. The summed E-state index contributed by atoms with van der Waals surface area (Å²) >= 11 is 0. The molecule has 2 atom stereocenters. The summed E-state index contributed by atoms with van der Waals surface area (Å²) in [7, 11) is 0. The molecular weight excluding hydrogens is 164 g/mol. The van der Waals surface area contributed by atoms with E-state index in [1.165, 1.54) is 6.92 Å². The summed E-state index contributed by atoms with van der Waals surface area (Å²) in [5.41, 5.74) is -0.199. The number of hydrogen-bond donors (Lipinski definition) is 2. The van der Waals surface area contributed by atoms with E-state index in [1.54, 1.807) is 0 Å². The SMILES string of the molecule is CC(O)C(O)C1=CC(=O)OC1=O. The first-order valence-electron chi connectivity index (χ1n) is 3.36. The first-order chi connectivity index (χ1) is 5.52. The van der Waals surface area contributed by atoms with Gasteiger partial charge >= 0.3 is 11.9 Å². The van der Waals surface area contributed by atoms with Crippen molar-refractivity contribution in [2.45, 2.75) is 19.1 Å². The molecule has 0 saturated carbocycles. The molecule has 0 aromatic carbocycles. The maximum absolute atomic E-state index is 10.7. The fourth-order valence-electron chi connectivity index (χ4n) is 0.832. The maximum Gasteiger partial charge on any atom is 0.344 e. The molecule has 2 unspecified atom stereocenters. The van der Waals surface area contributed by atoms with Gasteiger partial charge in [0, 0.05) is 6.08 Å². The van der Waals surface area contributed by atoms with Crippen LogP contribution in [-0.4, -0.2) is 34.4 Å². The van der Waals surface area contributed by atoms with Gasteiger partial charge in [-0.25, -0.2) is 9.59 Å². The Labute approximate surface area is 68.3 Å². The predicted molar refractivity (Wildman–Crippen MR) is 36.9 cm³/mol. The molecule has 5 heteroatoms. The molecule has 1 heterocycles. The van der Waals surface area contributed by atoms with Crippen molar-refractivity contribution >= 4 is 11.9 Å². The van der Waals surface area contributed by atoms with Crippen LogP contribution in [0.3, 0.4) is 0 Å². The van der Waals surface area contributed by atoms with E-state index in [0.717, 1.165) is 6.08 Å². The number of ether oxygens (including phenoxy) is 1. The standard InChI is InChI=1S/C7H8O5/c1-3(8)6(10)4-2-5(9)12-7(4)11/h2-3,6,8,10H,1H3. The van der Waals surface area contributed by atoms with Crippen LogP contribution >= 0.6 is 0 Å². The minimum atomic E-state index is -1.36. The topological polar surface area (TPSA) is 83.8 Å². The normalized spacial score (nSPS) is 21.8. The molecule has 1 aliphatic heterocycles. The molecule has 1 aliphatic rings. The zero-order chi connectivity index (χ0) is 9.30. The summed E-state index contributed by atoms with van der Waals surface area (Å²) in [5, 5.41) is 18.0. The van der Waals surface area contributed by atoms with Crippen LogP contribution in [0.1, 0.15) is 6.92 Å². The highest BCUT2D eigenvalue weighted by Gasteiger charge is 2.31. The average Bonchev–Trinajstić information content (AvgIpc) is 2.28. The van der Waals surface area contributed by atoms with E-state index < -0.39 is 24.1 Å². The number of carbonyl (C=O) groups is 2. The van der Waals surface area contributed by atoms with Gasteiger partial charge in [0.05, 0.1) is 11.7 Å². The predicted octanol–water partition coefficient (Wildman–Crippen LogP) is -1.26. The molecule has 0 radical (unpaired) electrons. The fourth-order valence-corrected chi connectivity index (χ4v) is 0.832. The van der Waals surface area contributed by atoms with Crippen LogP contribution in [0.4, 0.5) is 0 Å². The van der Waals surface area contributed by atoms with Gasteiger partial charge in [0.2, 0.25) is 0 Å². The third-order valence-electron chi connectivity index (χ3n) is 1.48. The van der Waals surface area contributed by atoms with E-state index in [2.05, 4.69) is 4.74 Å². The van der Waals surface area contributed by atoms with Crippen LogP contribution < -0.4 is 0 Å². The Balaban J connectivity index is 2.81. The molecule has 12 heavy (non-hydrogen) atoms. The quantitative estimate of drug-likeness (QED) is 0.401. The van der Waals surface area contributed by atoms with Crippen LogP contribution in [0.15, 0.2) is 11.6 Å². The molecule has 1 rings (SSSR count). The van der Waals surface area contributed by atoms with Crippen LogP contribution in [0, 0.1) is 0 Å². The maximum atomic E-state index is 10.7. The van der Waals surface area contributed by atoms with Crippen LogP contribution in [-0.2, 0) is 14.3 Å². The second-order valence-corrected chi connectivity index (χ2v) is 2.49. The zero-order valence-corrected chi connectivity index (χ0v) is 6.35. The Morgan fingerprint density at radius 2 is 2.00 bits per heavy atom. The van der Waals surface area contributed by atoms with Crippen molar-refractivity contribution < 1.29 is 24.5 Å². The van der Waals surface area contributed by atoms with Gasteiger partial charge in [-0.1, -0.05) is 0 Å². The largest absolute Gasteiger partial charge is 0.390 e. The third-order valence-corrected chi connectivity index (χ3v) is 1.48. The molecule has 2 N–H and O–H groups in total. The number of esters is 2. The Morgan fingerprint density at radius 3 is 2.33 bits per heavy atom. The van der Waals surface area contributed by atoms with Gasteiger partial charge in [-0.2, -0.15) is 0 Å². The minimum Gasteiger partial charge on any atom is -0.390 e. The summed E-state index contributed by atoms with van der Waals surface area (Å²) in [6.07, 6.45) is -1.58. The van der Waals surface area contributed by atoms with Gasteiger partial charge in [0.25, 0.3) is 0 Å². The van der Waals surface area contributed by atoms with Crippen LogP contribution in [0.25, 0.3) is 0 Å². The highest BCUT2D eigenvalue weighted by Crippen LogP contribution is 2.14. The van der Waals surface area contributed by atoms with Crippen molar-refractivity contribution in [3.63, 3.8) is 0 Å². The molecule has 0 spiro atoms. The van der Waals surface area contributed by atoms with E-state index in [1.807, 2.05) is 0 Å². The number of aliphatic hydroxyl groups is 2. The van der Waals surface area contributed by atoms with Crippen LogP contribution in [0.5, 0.6) is 0 Å². The summed E-state index contributed by atoms with van der Waals surface area (Å²) < 4.78 is 4.10. The fraction of sp³-hybridized carbons (Fsp3) is 0.429. The zero-order valence-electron chi connectivity index (χ0n) is 6.35. The van der Waals surface area contributed by atoms with Gasteiger partial charge in [0.1, 0.15) is 6.10 Å². The van der Waals surface area contributed by atoms with Gasteiger partial charge in [0.15, 0.2) is 0 Å². The van der Waals surface area contributed by atoms with E-state index in [9.17, 15) is 9.59 Å². The van der Waals surface area contributed by atoms with E-state index in [0.29, 0.717) is 0 Å². The van der Waals surface area contributed by atoms with E-state index in [4.69, 9.17) is 10.2 Å². The average molecular weight is 172 g/mol. The van der Waals surface area contributed by atoms with Gasteiger partial charge in [-0.05, 0) is 6.92 Å². The monoisotopic (exact) mass is 172 g/mol. The highest BCUT2D eigenvalue weighted by molar-refractivity contribution is 6.09. The molecule has 0 bridgehead atoms. The first-order valence-corrected chi connectivity index (χ1v) is 3.36. The molecule has 0 saturated heterocycles. The van der Waals surface area contributed by atoms with Gasteiger partial charge < -0.3 is 14.9 Å². The smallest absolute Gasteiger partial charge is 0.344 e. The number of hydrogen-bond acceptors (Lipinski definition) is 5. The molecular formula is C7H8O5. The lowest BCUT2D eigenvalue weighted by atomic mass is 10.1. The van der Waals surface area contributed by atoms with Gasteiger partial charge in [-0.15, -0.1) is 0 Å². The molecule has 5 nitrogen and oxygen atoms in total. The molecule has 0 amide bonds. The van der Waals surface area contributed by atoms with Crippen molar-refractivity contribution in [1.82, 2.24) is 0 Å².